The normalized spacial score (nSPS) is 23.2. The van der Waals surface area contributed by atoms with Crippen molar-refractivity contribution >= 4 is 27.3 Å². The molecule has 0 heterocycles. The smallest absolute Gasteiger partial charge is 0.240 e. The van der Waals surface area contributed by atoms with E-state index in [-0.39, 0.29) is 4.90 Å². The van der Waals surface area contributed by atoms with E-state index in [1.54, 1.807) is 6.92 Å². The van der Waals surface area contributed by atoms with Crippen LogP contribution < -0.4 is 10.5 Å². The Balaban J connectivity index is 2.08. The van der Waals surface area contributed by atoms with Gasteiger partial charge in [0.1, 0.15) is 0 Å². The van der Waals surface area contributed by atoms with Gasteiger partial charge in [-0.2, -0.15) is 0 Å². The zero-order valence-electron chi connectivity index (χ0n) is 12.5. The molecule has 0 amide bonds. The molecule has 0 spiro atoms. The minimum absolute atomic E-state index is 0.138. The molecule has 3 N–H and O–H groups in total. The molecule has 4 nitrogen and oxygen atoms in total. The van der Waals surface area contributed by atoms with Gasteiger partial charge in [0.2, 0.25) is 10.0 Å². The van der Waals surface area contributed by atoms with E-state index >= 15 is 0 Å². The highest BCUT2D eigenvalue weighted by Crippen LogP contribution is 2.29. The van der Waals surface area contributed by atoms with Crippen LogP contribution in [0, 0.1) is 18.8 Å². The SMILES string of the molecule is Cc1c(N)cc(S(=O)(=O)NCC2CCCC(C)C2)cc1Cl. The van der Waals surface area contributed by atoms with Crippen LogP contribution in [0.15, 0.2) is 17.0 Å². The minimum Gasteiger partial charge on any atom is -0.398 e. The summed E-state index contributed by atoms with van der Waals surface area (Å²) in [4.78, 5) is 0.138. The molecule has 0 saturated heterocycles. The fraction of sp³-hybridized carbons (Fsp3) is 0.600. The van der Waals surface area contributed by atoms with Gasteiger partial charge in [-0.25, -0.2) is 13.1 Å². The number of nitrogens with two attached hydrogens (primary N) is 1. The Hall–Kier alpha value is -0.780. The molecular weight excluding hydrogens is 308 g/mol. The minimum atomic E-state index is -3.55. The maximum Gasteiger partial charge on any atom is 0.240 e. The highest BCUT2D eigenvalue weighted by atomic mass is 35.5. The molecule has 1 saturated carbocycles. The zero-order valence-corrected chi connectivity index (χ0v) is 14.1. The molecule has 0 aliphatic heterocycles. The number of rotatable bonds is 4. The number of benzene rings is 1. The number of nitrogen functional groups attached to an aromatic ring is 1. The summed E-state index contributed by atoms with van der Waals surface area (Å²) in [5.74, 6) is 1.10. The maximum atomic E-state index is 12.3. The third-order valence-electron chi connectivity index (χ3n) is 4.28. The molecule has 0 aromatic heterocycles. The average molecular weight is 331 g/mol. The molecular formula is C15H23ClN2O2S. The first-order valence-corrected chi connectivity index (χ1v) is 9.21. The van der Waals surface area contributed by atoms with Gasteiger partial charge in [0.15, 0.2) is 0 Å². The van der Waals surface area contributed by atoms with Crippen molar-refractivity contribution in [2.45, 2.75) is 44.4 Å². The molecule has 1 aromatic carbocycles. The lowest BCUT2D eigenvalue weighted by Crippen LogP contribution is -2.31. The van der Waals surface area contributed by atoms with Crippen molar-refractivity contribution in [1.82, 2.24) is 4.72 Å². The lowest BCUT2D eigenvalue weighted by atomic mass is 9.83. The van der Waals surface area contributed by atoms with Crippen molar-refractivity contribution in [3.63, 3.8) is 0 Å². The molecule has 2 unspecified atom stereocenters. The highest BCUT2D eigenvalue weighted by Gasteiger charge is 2.22. The summed E-state index contributed by atoms with van der Waals surface area (Å²) in [7, 11) is -3.55. The van der Waals surface area contributed by atoms with Gasteiger partial charge in [0.25, 0.3) is 0 Å². The fourth-order valence-corrected chi connectivity index (χ4v) is 4.35. The molecule has 2 atom stereocenters. The van der Waals surface area contributed by atoms with Crippen molar-refractivity contribution in [3.05, 3.63) is 22.7 Å². The van der Waals surface area contributed by atoms with E-state index < -0.39 is 10.0 Å². The van der Waals surface area contributed by atoms with Crippen LogP contribution in [0.1, 0.15) is 38.2 Å². The van der Waals surface area contributed by atoms with Gasteiger partial charge < -0.3 is 5.73 Å². The van der Waals surface area contributed by atoms with Gasteiger partial charge >= 0.3 is 0 Å². The van der Waals surface area contributed by atoms with Crippen LogP contribution in [0.2, 0.25) is 5.02 Å². The van der Waals surface area contributed by atoms with E-state index in [0.29, 0.717) is 34.7 Å². The molecule has 21 heavy (non-hydrogen) atoms. The largest absolute Gasteiger partial charge is 0.398 e. The monoisotopic (exact) mass is 330 g/mol. The molecule has 2 rings (SSSR count). The van der Waals surface area contributed by atoms with E-state index in [1.165, 1.54) is 25.0 Å². The number of anilines is 1. The molecule has 0 bridgehead atoms. The third-order valence-corrected chi connectivity index (χ3v) is 6.07. The summed E-state index contributed by atoms with van der Waals surface area (Å²) < 4.78 is 27.4. The Morgan fingerprint density at radius 3 is 2.71 bits per heavy atom. The van der Waals surface area contributed by atoms with Crippen molar-refractivity contribution in [2.75, 3.05) is 12.3 Å². The van der Waals surface area contributed by atoms with Gasteiger partial charge in [-0.15, -0.1) is 0 Å². The van der Waals surface area contributed by atoms with E-state index in [9.17, 15) is 8.42 Å². The van der Waals surface area contributed by atoms with E-state index in [0.717, 1.165) is 12.8 Å². The van der Waals surface area contributed by atoms with E-state index in [1.807, 2.05) is 0 Å². The van der Waals surface area contributed by atoms with Crippen LogP contribution in [0.25, 0.3) is 0 Å². The van der Waals surface area contributed by atoms with Gasteiger partial charge in [0, 0.05) is 17.3 Å². The van der Waals surface area contributed by atoms with Gasteiger partial charge in [0.05, 0.1) is 4.90 Å². The van der Waals surface area contributed by atoms with Crippen LogP contribution in [-0.4, -0.2) is 15.0 Å². The third kappa shape index (κ3) is 4.11. The lowest BCUT2D eigenvalue weighted by Gasteiger charge is -2.26. The molecule has 1 aromatic rings. The van der Waals surface area contributed by atoms with Crippen molar-refractivity contribution in [1.29, 1.82) is 0 Å². The number of halogens is 1. The van der Waals surface area contributed by atoms with Gasteiger partial charge in [-0.1, -0.05) is 31.4 Å². The second-order valence-electron chi connectivity index (χ2n) is 6.11. The molecule has 118 valence electrons. The Morgan fingerprint density at radius 2 is 2.10 bits per heavy atom. The standard InChI is InChI=1S/C15H23ClN2O2S/c1-10-4-3-5-12(6-10)9-18-21(19,20)13-7-14(16)11(2)15(17)8-13/h7-8,10,12,18H,3-6,9,17H2,1-2H3. The van der Waals surface area contributed by atoms with Crippen molar-refractivity contribution < 1.29 is 8.42 Å². The van der Waals surface area contributed by atoms with Crippen molar-refractivity contribution in [2.24, 2.45) is 11.8 Å². The van der Waals surface area contributed by atoms with Crippen LogP contribution in [0.5, 0.6) is 0 Å². The second kappa shape index (κ2) is 6.55. The molecule has 1 fully saturated rings. The van der Waals surface area contributed by atoms with Crippen LogP contribution in [0.4, 0.5) is 5.69 Å². The maximum absolute atomic E-state index is 12.3. The predicted molar refractivity (Wildman–Crippen MR) is 86.9 cm³/mol. The Labute approximate surface area is 132 Å². The fourth-order valence-electron chi connectivity index (χ4n) is 2.89. The number of hydrogen-bond donors (Lipinski definition) is 2. The summed E-state index contributed by atoms with van der Waals surface area (Å²) in [6, 6.07) is 2.92. The van der Waals surface area contributed by atoms with Crippen LogP contribution >= 0.6 is 11.6 Å². The average Bonchev–Trinajstić information content (AvgIpc) is 2.42. The van der Waals surface area contributed by atoms with E-state index in [4.69, 9.17) is 17.3 Å². The highest BCUT2D eigenvalue weighted by molar-refractivity contribution is 7.89. The zero-order chi connectivity index (χ0) is 15.6. The van der Waals surface area contributed by atoms with Gasteiger partial charge in [-0.05, 0) is 49.3 Å². The molecule has 0 radical (unpaired) electrons. The summed E-state index contributed by atoms with van der Waals surface area (Å²) in [5.41, 5.74) is 6.90. The summed E-state index contributed by atoms with van der Waals surface area (Å²) in [5, 5.41) is 0.377. The van der Waals surface area contributed by atoms with Crippen molar-refractivity contribution in [3.8, 4) is 0 Å². The number of nitrogens with one attached hydrogen (secondary N) is 1. The first-order chi connectivity index (χ1) is 9.79. The van der Waals surface area contributed by atoms with Crippen LogP contribution in [-0.2, 0) is 10.0 Å². The molecule has 1 aliphatic rings. The lowest BCUT2D eigenvalue weighted by molar-refractivity contribution is 0.283. The van der Waals surface area contributed by atoms with Gasteiger partial charge in [-0.3, -0.25) is 0 Å². The van der Waals surface area contributed by atoms with E-state index in [2.05, 4.69) is 11.6 Å². The molecule has 6 heteroatoms. The predicted octanol–water partition coefficient (Wildman–Crippen LogP) is 3.34. The topological polar surface area (TPSA) is 72.2 Å². The number of sulfonamides is 1. The summed E-state index contributed by atoms with van der Waals surface area (Å²) >= 11 is 6.02. The molecule has 1 aliphatic carbocycles. The summed E-state index contributed by atoms with van der Waals surface area (Å²) in [6.07, 6.45) is 4.59. The first-order valence-electron chi connectivity index (χ1n) is 7.35. The quantitative estimate of drug-likeness (QED) is 0.832. The number of hydrogen-bond acceptors (Lipinski definition) is 3. The van der Waals surface area contributed by atoms with Crippen LogP contribution in [0.3, 0.4) is 0 Å². The Morgan fingerprint density at radius 1 is 1.38 bits per heavy atom. The Bertz CT molecular complexity index is 593. The first kappa shape index (κ1) is 16.6. The Kier molecular flexibility index (Phi) is 5.17. The summed E-state index contributed by atoms with van der Waals surface area (Å²) in [6.45, 7) is 4.48. The second-order valence-corrected chi connectivity index (χ2v) is 8.28.